The van der Waals surface area contributed by atoms with Gasteiger partial charge in [-0.1, -0.05) is 0 Å². The van der Waals surface area contributed by atoms with Gasteiger partial charge < -0.3 is 0 Å². The molecule has 17 heavy (non-hydrogen) atoms. The number of rotatable bonds is 2. The molecule has 0 spiro atoms. The summed E-state index contributed by atoms with van der Waals surface area (Å²) in [6.45, 7) is 0.530. The molecule has 84 valence electrons. The first-order valence-electron chi connectivity index (χ1n) is 5.16. The van der Waals surface area contributed by atoms with E-state index < -0.39 is 0 Å². The fourth-order valence-corrected chi connectivity index (χ4v) is 2.47. The molecule has 0 aliphatic heterocycles. The second-order valence-corrected chi connectivity index (χ2v) is 4.58. The van der Waals surface area contributed by atoms with Crippen LogP contribution in [0, 0.1) is 0 Å². The number of hydrogen-bond donors (Lipinski definition) is 0. The summed E-state index contributed by atoms with van der Waals surface area (Å²) in [6, 6.07) is 5.65. The second-order valence-electron chi connectivity index (χ2n) is 3.67. The molecular weight excluding hydrogens is 234 g/mol. The maximum Gasteiger partial charge on any atom is 0.271 e. The number of aromatic nitrogens is 3. The highest BCUT2D eigenvalue weighted by atomic mass is 32.1. The van der Waals surface area contributed by atoms with Gasteiger partial charge in [0.15, 0.2) is 0 Å². The zero-order chi connectivity index (χ0) is 11.7. The molecule has 0 saturated heterocycles. The lowest BCUT2D eigenvalue weighted by Gasteiger charge is -2.04. The average Bonchev–Trinajstić information content (AvgIpc) is 2.83. The Labute approximate surface area is 101 Å². The van der Waals surface area contributed by atoms with E-state index >= 15 is 0 Å². The van der Waals surface area contributed by atoms with E-state index in [1.807, 2.05) is 23.6 Å². The van der Waals surface area contributed by atoms with E-state index in [1.165, 1.54) is 11.3 Å². The maximum absolute atomic E-state index is 12.1. The van der Waals surface area contributed by atoms with Crippen LogP contribution in [0.5, 0.6) is 0 Å². The van der Waals surface area contributed by atoms with Crippen molar-refractivity contribution in [1.29, 1.82) is 0 Å². The van der Waals surface area contributed by atoms with Crippen molar-refractivity contribution in [1.82, 2.24) is 14.5 Å². The summed E-state index contributed by atoms with van der Waals surface area (Å²) < 4.78 is 2.33. The Kier molecular flexibility index (Phi) is 2.45. The van der Waals surface area contributed by atoms with Crippen molar-refractivity contribution >= 4 is 21.6 Å². The Bertz CT molecular complexity index is 702. The summed E-state index contributed by atoms with van der Waals surface area (Å²) in [5.74, 6) is 0. The number of thiophene rings is 1. The van der Waals surface area contributed by atoms with Crippen LogP contribution in [0.4, 0.5) is 0 Å². The van der Waals surface area contributed by atoms with Crippen LogP contribution in [0.3, 0.4) is 0 Å². The van der Waals surface area contributed by atoms with Crippen LogP contribution in [0.15, 0.2) is 47.1 Å². The Morgan fingerprint density at radius 2 is 2.06 bits per heavy atom. The lowest BCUT2D eigenvalue weighted by atomic mass is 10.3. The topological polar surface area (TPSA) is 47.8 Å². The number of pyridine rings is 1. The predicted octanol–water partition coefficient (Wildman–Crippen LogP) is 1.90. The van der Waals surface area contributed by atoms with Gasteiger partial charge >= 0.3 is 0 Å². The molecule has 4 nitrogen and oxygen atoms in total. The molecule has 0 N–H and O–H groups in total. The summed E-state index contributed by atoms with van der Waals surface area (Å²) in [5.41, 5.74) is 1.83. The lowest BCUT2D eigenvalue weighted by Crippen LogP contribution is -2.20. The summed E-state index contributed by atoms with van der Waals surface area (Å²) in [4.78, 5) is 20.3. The monoisotopic (exact) mass is 243 g/mol. The van der Waals surface area contributed by atoms with E-state index in [4.69, 9.17) is 0 Å². The number of hydrogen-bond acceptors (Lipinski definition) is 4. The first kappa shape index (κ1) is 10.2. The fraction of sp³-hybridized carbons (Fsp3) is 0.0833. The van der Waals surface area contributed by atoms with Crippen LogP contribution >= 0.6 is 11.3 Å². The molecule has 0 fully saturated rings. The summed E-state index contributed by atoms with van der Waals surface area (Å²) in [6.07, 6.45) is 5.03. The molecule has 0 bridgehead atoms. The third kappa shape index (κ3) is 1.85. The van der Waals surface area contributed by atoms with E-state index in [2.05, 4.69) is 9.97 Å². The molecule has 0 unspecified atom stereocenters. The molecule has 3 rings (SSSR count). The first-order chi connectivity index (χ1) is 8.34. The number of nitrogens with zero attached hydrogens (tertiary/aromatic N) is 3. The minimum absolute atomic E-state index is 0.0156. The smallest absolute Gasteiger partial charge is 0.271 e. The minimum atomic E-state index is 0.0156. The normalized spacial score (nSPS) is 10.8. The molecule has 3 heterocycles. The second kappa shape index (κ2) is 4.10. The van der Waals surface area contributed by atoms with Gasteiger partial charge in [-0.15, -0.1) is 11.3 Å². The quantitative estimate of drug-likeness (QED) is 0.690. The highest BCUT2D eigenvalue weighted by Gasteiger charge is 2.05. The van der Waals surface area contributed by atoms with Crippen molar-refractivity contribution in [2.45, 2.75) is 6.54 Å². The van der Waals surface area contributed by atoms with Gasteiger partial charge in [0.1, 0.15) is 4.70 Å². The van der Waals surface area contributed by atoms with Crippen molar-refractivity contribution in [3.05, 3.63) is 58.2 Å². The highest BCUT2D eigenvalue weighted by molar-refractivity contribution is 7.17. The average molecular weight is 243 g/mol. The molecule has 5 heteroatoms. The van der Waals surface area contributed by atoms with Gasteiger partial charge in [0.05, 0.1) is 18.4 Å². The van der Waals surface area contributed by atoms with Gasteiger partial charge in [-0.05, 0) is 29.1 Å². The van der Waals surface area contributed by atoms with Gasteiger partial charge in [0.25, 0.3) is 5.56 Å². The number of fused-ring (bicyclic) bond motifs is 1. The Balaban J connectivity index is 2.07. The Morgan fingerprint density at radius 1 is 1.24 bits per heavy atom. The molecule has 0 saturated carbocycles. The molecular formula is C12H9N3OS. The standard InChI is InChI=1S/C12H9N3OS/c16-12-11-10(3-6-17-11)14-8-15(12)7-9-1-4-13-5-2-9/h1-6,8H,7H2. The van der Waals surface area contributed by atoms with E-state index in [0.717, 1.165) is 11.1 Å². The van der Waals surface area contributed by atoms with E-state index in [0.29, 0.717) is 11.2 Å². The van der Waals surface area contributed by atoms with Gasteiger partial charge in [0, 0.05) is 12.4 Å². The SMILES string of the molecule is O=c1c2sccc2ncn1Cc1ccncc1. The largest absolute Gasteiger partial charge is 0.294 e. The zero-order valence-electron chi connectivity index (χ0n) is 8.91. The fourth-order valence-electron chi connectivity index (χ4n) is 1.68. The molecule has 0 aromatic carbocycles. The molecule has 0 amide bonds. The van der Waals surface area contributed by atoms with Crippen molar-refractivity contribution in [2.75, 3.05) is 0 Å². The lowest BCUT2D eigenvalue weighted by molar-refractivity contribution is 0.749. The van der Waals surface area contributed by atoms with Crippen LogP contribution < -0.4 is 5.56 Å². The van der Waals surface area contributed by atoms with Gasteiger partial charge in [-0.2, -0.15) is 0 Å². The van der Waals surface area contributed by atoms with Crippen LogP contribution in [0.25, 0.3) is 10.2 Å². The predicted molar refractivity (Wildman–Crippen MR) is 67.2 cm³/mol. The van der Waals surface area contributed by atoms with Crippen LogP contribution in [-0.4, -0.2) is 14.5 Å². The maximum atomic E-state index is 12.1. The first-order valence-corrected chi connectivity index (χ1v) is 6.04. The van der Waals surface area contributed by atoms with Crippen molar-refractivity contribution in [2.24, 2.45) is 0 Å². The van der Waals surface area contributed by atoms with Gasteiger partial charge in [-0.3, -0.25) is 14.3 Å². The molecule has 0 radical (unpaired) electrons. The van der Waals surface area contributed by atoms with Crippen molar-refractivity contribution in [3.63, 3.8) is 0 Å². The summed E-state index contributed by atoms with van der Waals surface area (Å²) >= 11 is 1.43. The minimum Gasteiger partial charge on any atom is -0.294 e. The highest BCUT2D eigenvalue weighted by Crippen LogP contribution is 2.13. The van der Waals surface area contributed by atoms with Crippen molar-refractivity contribution < 1.29 is 0 Å². The summed E-state index contributed by atoms with van der Waals surface area (Å²) in [7, 11) is 0. The van der Waals surface area contributed by atoms with Crippen molar-refractivity contribution in [3.8, 4) is 0 Å². The molecule has 3 aromatic heterocycles. The van der Waals surface area contributed by atoms with E-state index in [1.54, 1.807) is 23.3 Å². The third-order valence-corrected chi connectivity index (χ3v) is 3.43. The van der Waals surface area contributed by atoms with Crippen LogP contribution in [0.2, 0.25) is 0 Å². The molecule has 0 atom stereocenters. The Morgan fingerprint density at radius 3 is 2.88 bits per heavy atom. The zero-order valence-corrected chi connectivity index (χ0v) is 9.72. The van der Waals surface area contributed by atoms with Crippen LogP contribution in [0.1, 0.15) is 5.56 Å². The Hall–Kier alpha value is -2.01. The molecule has 0 aliphatic carbocycles. The third-order valence-electron chi connectivity index (χ3n) is 2.54. The molecule has 3 aromatic rings. The molecule has 0 aliphatic rings. The van der Waals surface area contributed by atoms with Crippen LogP contribution in [-0.2, 0) is 6.54 Å². The van der Waals surface area contributed by atoms with E-state index in [-0.39, 0.29) is 5.56 Å². The van der Waals surface area contributed by atoms with Gasteiger partial charge in [0.2, 0.25) is 0 Å². The summed E-state index contributed by atoms with van der Waals surface area (Å²) in [5, 5.41) is 1.88. The van der Waals surface area contributed by atoms with E-state index in [9.17, 15) is 4.79 Å². The van der Waals surface area contributed by atoms with Gasteiger partial charge in [-0.25, -0.2) is 4.98 Å².